The molecule has 1 aromatic heterocycles. The quantitative estimate of drug-likeness (QED) is 0.658. The first-order valence-electron chi connectivity index (χ1n) is 5.22. The van der Waals surface area contributed by atoms with Crippen molar-refractivity contribution in [2.24, 2.45) is 0 Å². The number of carbonyl (C=O) groups is 3. The van der Waals surface area contributed by atoms with Gasteiger partial charge in [-0.3, -0.25) is 9.78 Å². The molecular formula is C11H9BrN2O5-2. The zero-order valence-electron chi connectivity index (χ0n) is 9.59. The molecule has 1 aromatic rings. The molecule has 0 aromatic carbocycles. The van der Waals surface area contributed by atoms with Crippen molar-refractivity contribution in [3.05, 3.63) is 28.5 Å². The van der Waals surface area contributed by atoms with Crippen LogP contribution >= 0.6 is 15.9 Å². The van der Waals surface area contributed by atoms with E-state index in [1.807, 2.05) is 0 Å². The number of pyridine rings is 1. The molecule has 0 saturated carbocycles. The largest absolute Gasteiger partial charge is 0.550 e. The van der Waals surface area contributed by atoms with Crippen LogP contribution < -0.4 is 15.5 Å². The molecule has 1 amide bonds. The lowest BCUT2D eigenvalue weighted by Gasteiger charge is -2.19. The summed E-state index contributed by atoms with van der Waals surface area (Å²) in [7, 11) is 0. The molecule has 0 aliphatic heterocycles. The number of nitrogens with one attached hydrogen (secondary N) is 1. The van der Waals surface area contributed by atoms with Crippen molar-refractivity contribution in [1.29, 1.82) is 0 Å². The molecule has 1 heterocycles. The molecule has 19 heavy (non-hydrogen) atoms. The maximum absolute atomic E-state index is 11.7. The third-order valence-electron chi connectivity index (χ3n) is 2.19. The SMILES string of the molecule is O=C([O-])CC[C@@H](NC(=O)c1cncc(Br)c1)C(=O)[O-]. The van der Waals surface area contributed by atoms with Crippen LogP contribution in [0.5, 0.6) is 0 Å². The molecule has 0 aliphatic rings. The highest BCUT2D eigenvalue weighted by atomic mass is 79.9. The number of carboxylic acids is 2. The molecule has 1 atom stereocenters. The predicted octanol–water partition coefficient (Wildman–Crippen LogP) is -1.78. The highest BCUT2D eigenvalue weighted by Gasteiger charge is 2.15. The van der Waals surface area contributed by atoms with Crippen molar-refractivity contribution in [3.63, 3.8) is 0 Å². The van der Waals surface area contributed by atoms with E-state index in [1.54, 1.807) is 0 Å². The Morgan fingerprint density at radius 3 is 2.53 bits per heavy atom. The predicted molar refractivity (Wildman–Crippen MR) is 62.4 cm³/mol. The second kappa shape index (κ2) is 6.83. The van der Waals surface area contributed by atoms with Gasteiger partial charge in [0, 0.05) is 22.8 Å². The van der Waals surface area contributed by atoms with Crippen molar-refractivity contribution in [2.75, 3.05) is 0 Å². The van der Waals surface area contributed by atoms with Gasteiger partial charge < -0.3 is 25.1 Å². The number of carbonyl (C=O) groups excluding carboxylic acids is 3. The van der Waals surface area contributed by atoms with Gasteiger partial charge in [-0.2, -0.15) is 0 Å². The Kier molecular flexibility index (Phi) is 5.43. The van der Waals surface area contributed by atoms with Gasteiger partial charge in [0.05, 0.1) is 17.6 Å². The summed E-state index contributed by atoms with van der Waals surface area (Å²) < 4.78 is 0.555. The first-order valence-corrected chi connectivity index (χ1v) is 6.01. The molecule has 0 bridgehead atoms. The molecule has 0 spiro atoms. The minimum atomic E-state index is -1.56. The first kappa shape index (κ1) is 15.1. The van der Waals surface area contributed by atoms with Gasteiger partial charge in [0.15, 0.2) is 0 Å². The van der Waals surface area contributed by atoms with Crippen LogP contribution in [0.25, 0.3) is 0 Å². The Labute approximate surface area is 116 Å². The molecular weight excluding hydrogens is 320 g/mol. The Morgan fingerprint density at radius 1 is 1.32 bits per heavy atom. The van der Waals surface area contributed by atoms with E-state index in [-0.39, 0.29) is 12.0 Å². The number of rotatable bonds is 6. The second-order valence-electron chi connectivity index (χ2n) is 3.65. The normalized spacial score (nSPS) is 11.6. The number of aromatic nitrogens is 1. The summed E-state index contributed by atoms with van der Waals surface area (Å²) in [5, 5.41) is 23.2. The molecule has 0 saturated heterocycles. The van der Waals surface area contributed by atoms with E-state index < -0.39 is 30.3 Å². The number of halogens is 1. The summed E-state index contributed by atoms with van der Waals surface area (Å²) in [6.45, 7) is 0. The van der Waals surface area contributed by atoms with Gasteiger partial charge in [-0.05, 0) is 34.8 Å². The summed E-state index contributed by atoms with van der Waals surface area (Å²) in [6, 6.07) is 0.0531. The number of aliphatic carboxylic acids is 2. The summed E-state index contributed by atoms with van der Waals surface area (Å²) in [5.74, 6) is -3.64. The van der Waals surface area contributed by atoms with E-state index in [1.165, 1.54) is 18.5 Å². The molecule has 0 unspecified atom stereocenters. The maximum Gasteiger partial charge on any atom is 0.253 e. The first-order chi connectivity index (χ1) is 8.90. The van der Waals surface area contributed by atoms with Crippen LogP contribution in [-0.4, -0.2) is 28.9 Å². The molecule has 7 nitrogen and oxygen atoms in total. The van der Waals surface area contributed by atoms with E-state index in [9.17, 15) is 24.6 Å². The Balaban J connectivity index is 2.71. The lowest BCUT2D eigenvalue weighted by atomic mass is 10.1. The average Bonchev–Trinajstić information content (AvgIpc) is 2.33. The van der Waals surface area contributed by atoms with Crippen molar-refractivity contribution in [1.82, 2.24) is 10.3 Å². The topological polar surface area (TPSA) is 122 Å². The summed E-state index contributed by atoms with van der Waals surface area (Å²) in [4.78, 5) is 36.5. The maximum atomic E-state index is 11.7. The minimum Gasteiger partial charge on any atom is -0.550 e. The highest BCUT2D eigenvalue weighted by Crippen LogP contribution is 2.10. The van der Waals surface area contributed by atoms with Crippen LogP contribution in [0.3, 0.4) is 0 Å². The van der Waals surface area contributed by atoms with Crippen LogP contribution in [0.15, 0.2) is 22.9 Å². The number of nitrogens with zero attached hydrogens (tertiary/aromatic N) is 1. The standard InChI is InChI=1S/C11H11BrN2O5/c12-7-3-6(4-13-5-7)10(17)14-8(11(18)19)1-2-9(15)16/h3-5,8H,1-2H2,(H,14,17)(H,15,16)(H,18,19)/p-2/t8-/m1/s1. The Morgan fingerprint density at radius 2 is 2.00 bits per heavy atom. The zero-order valence-corrected chi connectivity index (χ0v) is 11.2. The van der Waals surface area contributed by atoms with Crippen molar-refractivity contribution >= 4 is 33.8 Å². The smallest absolute Gasteiger partial charge is 0.253 e. The van der Waals surface area contributed by atoms with E-state index in [4.69, 9.17) is 0 Å². The minimum absolute atomic E-state index is 0.147. The molecule has 0 fully saturated rings. The number of carboxylic acid groups (broad SMARTS) is 2. The Hall–Kier alpha value is -1.96. The zero-order chi connectivity index (χ0) is 14.4. The van der Waals surface area contributed by atoms with E-state index in [0.717, 1.165) is 0 Å². The molecule has 0 radical (unpaired) electrons. The van der Waals surface area contributed by atoms with Crippen LogP contribution in [0.2, 0.25) is 0 Å². The Bertz CT molecular complexity index is 506. The summed E-state index contributed by atoms with van der Waals surface area (Å²) >= 11 is 3.12. The fourth-order valence-corrected chi connectivity index (χ4v) is 1.65. The summed E-state index contributed by atoms with van der Waals surface area (Å²) in [5.41, 5.74) is 0.147. The van der Waals surface area contributed by atoms with Gasteiger partial charge in [-0.1, -0.05) is 0 Å². The van der Waals surface area contributed by atoms with E-state index in [0.29, 0.717) is 4.47 Å². The van der Waals surface area contributed by atoms with E-state index >= 15 is 0 Å². The molecule has 0 aliphatic carbocycles. The molecule has 1 N–H and O–H groups in total. The number of amides is 1. The third kappa shape index (κ3) is 5.04. The fourth-order valence-electron chi connectivity index (χ4n) is 1.29. The van der Waals surface area contributed by atoms with Crippen LogP contribution in [-0.2, 0) is 9.59 Å². The lowest BCUT2D eigenvalue weighted by molar-refractivity contribution is -0.309. The third-order valence-corrected chi connectivity index (χ3v) is 2.63. The molecule has 102 valence electrons. The van der Waals surface area contributed by atoms with Crippen LogP contribution in [0.1, 0.15) is 23.2 Å². The van der Waals surface area contributed by atoms with Gasteiger partial charge >= 0.3 is 0 Å². The highest BCUT2D eigenvalue weighted by molar-refractivity contribution is 9.10. The van der Waals surface area contributed by atoms with Crippen LogP contribution in [0, 0.1) is 0 Å². The second-order valence-corrected chi connectivity index (χ2v) is 4.56. The van der Waals surface area contributed by atoms with Gasteiger partial charge in [0.1, 0.15) is 0 Å². The van der Waals surface area contributed by atoms with Crippen molar-refractivity contribution in [2.45, 2.75) is 18.9 Å². The molecule has 1 rings (SSSR count). The van der Waals surface area contributed by atoms with Gasteiger partial charge in [0.25, 0.3) is 5.91 Å². The summed E-state index contributed by atoms with van der Waals surface area (Å²) in [6.07, 6.45) is 1.92. The van der Waals surface area contributed by atoms with E-state index in [2.05, 4.69) is 26.2 Å². The van der Waals surface area contributed by atoms with Gasteiger partial charge in [-0.25, -0.2) is 0 Å². The monoisotopic (exact) mass is 328 g/mol. The van der Waals surface area contributed by atoms with Crippen molar-refractivity contribution < 1.29 is 24.6 Å². The van der Waals surface area contributed by atoms with Crippen molar-refractivity contribution in [3.8, 4) is 0 Å². The number of hydrogen-bond acceptors (Lipinski definition) is 6. The molecule has 8 heteroatoms. The number of hydrogen-bond donors (Lipinski definition) is 1. The average molecular weight is 329 g/mol. The lowest BCUT2D eigenvalue weighted by Crippen LogP contribution is -2.48. The van der Waals surface area contributed by atoms with Gasteiger partial charge in [-0.15, -0.1) is 0 Å². The van der Waals surface area contributed by atoms with Crippen LogP contribution in [0.4, 0.5) is 0 Å². The van der Waals surface area contributed by atoms with Gasteiger partial charge in [0.2, 0.25) is 0 Å². The fraction of sp³-hybridized carbons (Fsp3) is 0.273.